The summed E-state index contributed by atoms with van der Waals surface area (Å²) >= 11 is 11.9. The molecule has 0 aliphatic carbocycles. The number of fused-ring (bicyclic) bond motifs is 1. The topological polar surface area (TPSA) is 81.7 Å². The van der Waals surface area contributed by atoms with Crippen molar-refractivity contribution in [2.24, 2.45) is 0 Å². The van der Waals surface area contributed by atoms with E-state index in [0.717, 1.165) is 5.56 Å². The third-order valence-electron chi connectivity index (χ3n) is 4.40. The molecule has 0 saturated carbocycles. The molecule has 0 aliphatic heterocycles. The number of amides is 1. The third kappa shape index (κ3) is 3.79. The quantitative estimate of drug-likeness (QED) is 0.502. The van der Waals surface area contributed by atoms with Gasteiger partial charge in [-0.3, -0.25) is 4.79 Å². The Hall–Kier alpha value is -3.03. The summed E-state index contributed by atoms with van der Waals surface area (Å²) in [7, 11) is 1.53. The van der Waals surface area contributed by atoms with E-state index in [-0.39, 0.29) is 5.91 Å². The molecule has 0 fully saturated rings. The van der Waals surface area contributed by atoms with Crippen LogP contribution in [0.3, 0.4) is 0 Å². The number of benzene rings is 2. The van der Waals surface area contributed by atoms with Crippen molar-refractivity contribution in [1.82, 2.24) is 19.9 Å². The van der Waals surface area contributed by atoms with Crippen molar-refractivity contribution in [3.8, 4) is 17.2 Å². The number of rotatable bonds is 5. The van der Waals surface area contributed by atoms with Gasteiger partial charge in [0.05, 0.1) is 28.9 Å². The van der Waals surface area contributed by atoms with Crippen molar-refractivity contribution in [2.75, 3.05) is 7.11 Å². The van der Waals surface area contributed by atoms with Crippen LogP contribution < -0.4 is 10.1 Å². The van der Waals surface area contributed by atoms with Crippen LogP contribution in [-0.2, 0) is 6.54 Å². The highest BCUT2D eigenvalue weighted by molar-refractivity contribution is 6.42. The number of aromatic nitrogens is 3. The summed E-state index contributed by atoms with van der Waals surface area (Å²) in [4.78, 5) is 16.7. The molecule has 0 bridgehead atoms. The standard InChI is InChI=1S/C20H16Cl2N4O3/c1-11-23-10-18-26(11)25-20(29-18)14-5-4-13(8-17(14)28-2)19(27)24-9-12-3-6-15(21)16(22)7-12/h3-8,10H,9H2,1-2H3,(H,24,27). The molecule has 0 saturated heterocycles. The van der Waals surface area contributed by atoms with E-state index in [9.17, 15) is 4.79 Å². The van der Waals surface area contributed by atoms with Gasteiger partial charge in [0.1, 0.15) is 11.6 Å². The lowest BCUT2D eigenvalue weighted by atomic mass is 10.1. The number of hydrogen-bond acceptors (Lipinski definition) is 5. The Labute approximate surface area is 176 Å². The molecule has 4 aromatic rings. The number of methoxy groups -OCH3 is 1. The van der Waals surface area contributed by atoms with Gasteiger partial charge >= 0.3 is 0 Å². The first-order valence-corrected chi connectivity index (χ1v) is 9.43. The molecular formula is C20H16Cl2N4O3. The summed E-state index contributed by atoms with van der Waals surface area (Å²) in [6.45, 7) is 2.15. The summed E-state index contributed by atoms with van der Waals surface area (Å²) in [6.07, 6.45) is 1.60. The molecule has 2 heterocycles. The largest absolute Gasteiger partial charge is 0.496 e. The lowest BCUT2D eigenvalue weighted by molar-refractivity contribution is 0.0950. The van der Waals surface area contributed by atoms with E-state index in [2.05, 4.69) is 15.4 Å². The predicted octanol–water partition coefficient (Wildman–Crippen LogP) is 4.54. The average molecular weight is 431 g/mol. The molecule has 0 atom stereocenters. The number of carbonyl (C=O) groups excluding carboxylic acids is 1. The van der Waals surface area contributed by atoms with Crippen molar-refractivity contribution in [2.45, 2.75) is 13.5 Å². The molecule has 4 rings (SSSR count). The first-order chi connectivity index (χ1) is 14.0. The molecule has 148 valence electrons. The summed E-state index contributed by atoms with van der Waals surface area (Å²) in [5, 5.41) is 8.16. The van der Waals surface area contributed by atoms with Crippen LogP contribution in [0.5, 0.6) is 5.75 Å². The highest BCUT2D eigenvalue weighted by Crippen LogP contribution is 2.31. The van der Waals surface area contributed by atoms with Crippen LogP contribution in [0.15, 0.2) is 47.0 Å². The Kier molecular flexibility index (Phi) is 5.17. The van der Waals surface area contributed by atoms with E-state index in [4.69, 9.17) is 32.4 Å². The zero-order chi connectivity index (χ0) is 20.5. The number of imidazole rings is 1. The molecule has 0 radical (unpaired) electrons. The molecule has 9 heteroatoms. The Morgan fingerprint density at radius 1 is 1.21 bits per heavy atom. The number of nitrogens with one attached hydrogen (secondary N) is 1. The number of aryl methyl sites for hydroxylation is 1. The van der Waals surface area contributed by atoms with Gasteiger partial charge in [0.2, 0.25) is 11.6 Å². The van der Waals surface area contributed by atoms with Crippen LogP contribution in [0.4, 0.5) is 0 Å². The summed E-state index contributed by atoms with van der Waals surface area (Å²) < 4.78 is 12.8. The Morgan fingerprint density at radius 3 is 2.76 bits per heavy atom. The second kappa shape index (κ2) is 7.77. The van der Waals surface area contributed by atoms with Gasteiger partial charge in [-0.1, -0.05) is 29.3 Å². The van der Waals surface area contributed by atoms with E-state index >= 15 is 0 Å². The fraction of sp³-hybridized carbons (Fsp3) is 0.150. The Balaban J connectivity index is 1.55. The van der Waals surface area contributed by atoms with Gasteiger partial charge in [-0.2, -0.15) is 4.52 Å². The normalized spacial score (nSPS) is 11.0. The minimum Gasteiger partial charge on any atom is -0.496 e. The van der Waals surface area contributed by atoms with Gasteiger partial charge < -0.3 is 14.5 Å². The van der Waals surface area contributed by atoms with Crippen LogP contribution in [0.1, 0.15) is 21.7 Å². The van der Waals surface area contributed by atoms with E-state index in [1.165, 1.54) is 7.11 Å². The monoisotopic (exact) mass is 430 g/mol. The number of hydrogen-bond donors (Lipinski definition) is 1. The summed E-state index contributed by atoms with van der Waals surface area (Å²) in [5.41, 5.74) is 2.46. The van der Waals surface area contributed by atoms with Gasteiger partial charge in [0, 0.05) is 12.1 Å². The van der Waals surface area contributed by atoms with Crippen molar-refractivity contribution < 1.29 is 13.9 Å². The van der Waals surface area contributed by atoms with Crippen molar-refractivity contribution in [3.05, 3.63) is 69.6 Å². The minimum absolute atomic E-state index is 0.249. The summed E-state index contributed by atoms with van der Waals surface area (Å²) in [6, 6.07) is 10.3. The molecule has 7 nitrogen and oxygen atoms in total. The molecule has 29 heavy (non-hydrogen) atoms. The van der Waals surface area contributed by atoms with E-state index < -0.39 is 0 Å². The van der Waals surface area contributed by atoms with E-state index in [0.29, 0.717) is 50.9 Å². The van der Waals surface area contributed by atoms with Gasteiger partial charge in [-0.15, -0.1) is 5.10 Å². The zero-order valence-corrected chi connectivity index (χ0v) is 17.1. The fourth-order valence-corrected chi connectivity index (χ4v) is 3.19. The molecule has 1 amide bonds. The molecular weight excluding hydrogens is 415 g/mol. The molecule has 2 aromatic heterocycles. The van der Waals surface area contributed by atoms with Crippen molar-refractivity contribution in [3.63, 3.8) is 0 Å². The molecule has 0 unspecified atom stereocenters. The summed E-state index contributed by atoms with van der Waals surface area (Å²) in [5.74, 6) is 1.32. The van der Waals surface area contributed by atoms with Crippen molar-refractivity contribution >= 4 is 34.8 Å². The van der Waals surface area contributed by atoms with Gasteiger partial charge in [0.15, 0.2) is 0 Å². The lowest BCUT2D eigenvalue weighted by Gasteiger charge is -2.10. The van der Waals surface area contributed by atoms with Crippen LogP contribution in [-0.4, -0.2) is 27.6 Å². The van der Waals surface area contributed by atoms with Crippen molar-refractivity contribution in [1.29, 1.82) is 0 Å². The van der Waals surface area contributed by atoms with Gasteiger partial charge in [0.25, 0.3) is 5.91 Å². The maximum atomic E-state index is 12.6. The van der Waals surface area contributed by atoms with E-state index in [1.807, 2.05) is 6.92 Å². The van der Waals surface area contributed by atoms with E-state index in [1.54, 1.807) is 47.1 Å². The maximum absolute atomic E-state index is 12.6. The fourth-order valence-electron chi connectivity index (χ4n) is 2.87. The number of halogens is 2. The predicted molar refractivity (Wildman–Crippen MR) is 110 cm³/mol. The van der Waals surface area contributed by atoms with Crippen LogP contribution in [0.25, 0.3) is 17.2 Å². The first-order valence-electron chi connectivity index (χ1n) is 8.68. The number of carbonyl (C=O) groups is 1. The molecule has 0 aliphatic rings. The maximum Gasteiger partial charge on any atom is 0.251 e. The lowest BCUT2D eigenvalue weighted by Crippen LogP contribution is -2.22. The first kappa shape index (κ1) is 19.3. The highest BCUT2D eigenvalue weighted by atomic mass is 35.5. The molecule has 2 aromatic carbocycles. The second-order valence-corrected chi connectivity index (χ2v) is 7.12. The SMILES string of the molecule is COc1cc(C(=O)NCc2ccc(Cl)c(Cl)c2)ccc1-c1nn2c(C)ncc2o1. The second-order valence-electron chi connectivity index (χ2n) is 6.31. The van der Waals surface area contributed by atoms with Gasteiger partial charge in [-0.05, 0) is 42.8 Å². The minimum atomic E-state index is -0.249. The Bertz CT molecular complexity index is 1220. The van der Waals surface area contributed by atoms with Crippen LogP contribution >= 0.6 is 23.2 Å². The van der Waals surface area contributed by atoms with Gasteiger partial charge in [-0.25, -0.2) is 4.98 Å². The zero-order valence-electron chi connectivity index (χ0n) is 15.6. The average Bonchev–Trinajstić information content (AvgIpc) is 3.30. The number of nitrogens with zero attached hydrogens (tertiary/aromatic N) is 3. The smallest absolute Gasteiger partial charge is 0.251 e. The van der Waals surface area contributed by atoms with Crippen LogP contribution in [0.2, 0.25) is 10.0 Å². The number of ether oxygens (including phenoxy) is 1. The highest BCUT2D eigenvalue weighted by Gasteiger charge is 2.17. The third-order valence-corrected chi connectivity index (χ3v) is 5.14. The Morgan fingerprint density at radius 2 is 2.03 bits per heavy atom. The van der Waals surface area contributed by atoms with Crippen LogP contribution in [0, 0.1) is 6.92 Å². The molecule has 1 N–H and O–H groups in total. The molecule has 0 spiro atoms.